The van der Waals surface area contributed by atoms with Gasteiger partial charge in [0.05, 0.1) is 0 Å². The van der Waals surface area contributed by atoms with Gasteiger partial charge in [-0.05, 0) is 69.7 Å². The summed E-state index contributed by atoms with van der Waals surface area (Å²) in [6, 6.07) is 7.47. The van der Waals surface area contributed by atoms with Crippen molar-refractivity contribution in [2.45, 2.75) is 96.8 Å². The van der Waals surface area contributed by atoms with Crippen molar-refractivity contribution in [2.24, 2.45) is 7.05 Å². The van der Waals surface area contributed by atoms with Gasteiger partial charge in [-0.15, -0.1) is 0 Å². The maximum atomic E-state index is 2.51. The Morgan fingerprint density at radius 1 is 0.643 bits per heavy atom. The fraction of sp³-hybridized carbons (Fsp3) is 0.593. The van der Waals surface area contributed by atoms with Gasteiger partial charge in [0, 0.05) is 17.2 Å². The number of aromatic nitrogens is 1. The van der Waals surface area contributed by atoms with Gasteiger partial charge in [-0.1, -0.05) is 61.5 Å². The van der Waals surface area contributed by atoms with Crippen molar-refractivity contribution in [3.05, 3.63) is 52.2 Å². The van der Waals surface area contributed by atoms with Crippen molar-refractivity contribution < 1.29 is 4.57 Å². The first kappa shape index (κ1) is 19.7. The van der Waals surface area contributed by atoms with Crippen LogP contribution in [0, 0.1) is 6.92 Å². The molecular formula is C27H38N+. The Bertz CT molecular complexity index is 904. The van der Waals surface area contributed by atoms with E-state index in [1.165, 1.54) is 46.4 Å². The molecule has 0 unspecified atom stereocenters. The molecular weight excluding hydrogens is 338 g/mol. The van der Waals surface area contributed by atoms with Crippen molar-refractivity contribution in [3.63, 3.8) is 0 Å². The zero-order valence-electron chi connectivity index (χ0n) is 19.7. The molecule has 4 rings (SSSR count). The summed E-state index contributed by atoms with van der Waals surface area (Å²) in [6.07, 6.45) is 4.83. The van der Waals surface area contributed by atoms with Gasteiger partial charge in [-0.25, -0.2) is 4.57 Å². The van der Waals surface area contributed by atoms with Crippen LogP contribution in [0.2, 0.25) is 0 Å². The van der Waals surface area contributed by atoms with E-state index in [0.717, 1.165) is 0 Å². The van der Waals surface area contributed by atoms with E-state index in [9.17, 15) is 0 Å². The van der Waals surface area contributed by atoms with Gasteiger partial charge in [-0.2, -0.15) is 0 Å². The van der Waals surface area contributed by atoms with Gasteiger partial charge in [0.25, 0.3) is 0 Å². The van der Waals surface area contributed by atoms with Crippen LogP contribution in [0.1, 0.15) is 96.0 Å². The zero-order valence-corrected chi connectivity index (χ0v) is 19.7. The van der Waals surface area contributed by atoms with E-state index >= 15 is 0 Å². The second-order valence-electron chi connectivity index (χ2n) is 12.2. The molecule has 0 saturated heterocycles. The zero-order chi connectivity index (χ0) is 20.9. The van der Waals surface area contributed by atoms with Gasteiger partial charge >= 0.3 is 0 Å². The van der Waals surface area contributed by atoms with Crippen molar-refractivity contribution in [1.82, 2.24) is 0 Å². The summed E-state index contributed by atoms with van der Waals surface area (Å²) in [7, 11) is 2.22. The monoisotopic (exact) mass is 376 g/mol. The molecule has 1 aromatic carbocycles. The second kappa shape index (κ2) is 5.49. The molecule has 0 spiro atoms. The average molecular weight is 377 g/mol. The molecule has 2 aliphatic carbocycles. The fourth-order valence-corrected chi connectivity index (χ4v) is 6.71. The predicted octanol–water partition coefficient (Wildman–Crippen LogP) is 6.40. The van der Waals surface area contributed by atoms with E-state index in [-0.39, 0.29) is 21.7 Å². The fourth-order valence-electron chi connectivity index (χ4n) is 6.71. The van der Waals surface area contributed by atoms with Crippen LogP contribution in [0.5, 0.6) is 0 Å². The largest absolute Gasteiger partial charge is 0.212 e. The summed E-state index contributed by atoms with van der Waals surface area (Å²) < 4.78 is 2.36. The molecule has 0 amide bonds. The lowest BCUT2D eigenvalue weighted by atomic mass is 9.81. The molecule has 0 aliphatic heterocycles. The van der Waals surface area contributed by atoms with Gasteiger partial charge in [0.2, 0.25) is 5.69 Å². The van der Waals surface area contributed by atoms with Crippen LogP contribution in [-0.4, -0.2) is 0 Å². The van der Waals surface area contributed by atoms with Gasteiger partial charge in [0.1, 0.15) is 7.05 Å². The second-order valence-corrected chi connectivity index (χ2v) is 12.2. The summed E-state index contributed by atoms with van der Waals surface area (Å²) in [5.74, 6) is 0. The van der Waals surface area contributed by atoms with E-state index in [0.29, 0.717) is 0 Å². The van der Waals surface area contributed by atoms with Crippen LogP contribution in [0.4, 0.5) is 0 Å². The molecule has 1 heterocycles. The van der Waals surface area contributed by atoms with Gasteiger partial charge < -0.3 is 0 Å². The molecule has 150 valence electrons. The summed E-state index contributed by atoms with van der Waals surface area (Å²) >= 11 is 0. The van der Waals surface area contributed by atoms with E-state index in [1.807, 2.05) is 0 Å². The first-order valence-corrected chi connectivity index (χ1v) is 10.9. The lowest BCUT2D eigenvalue weighted by Gasteiger charge is -2.22. The highest BCUT2D eigenvalue weighted by Crippen LogP contribution is 2.52. The minimum Gasteiger partial charge on any atom is -0.201 e. The lowest BCUT2D eigenvalue weighted by molar-refractivity contribution is -0.661. The third-order valence-electron chi connectivity index (χ3n) is 7.60. The molecule has 1 aromatic heterocycles. The third-order valence-corrected chi connectivity index (χ3v) is 7.60. The highest BCUT2D eigenvalue weighted by molar-refractivity contribution is 5.67. The topological polar surface area (TPSA) is 3.88 Å². The standard InChI is InChI=1S/C27H38N/c1-17-11-19-20(25(4,5)15-24(19,2)3)12-18(17)23-13-21-22(14-28(23)10)27(8,9)16-26(21,6)7/h11-14H,15-16H2,1-10H3/q+1. The summed E-state index contributed by atoms with van der Waals surface area (Å²) in [6.45, 7) is 21.5. The molecule has 0 bridgehead atoms. The molecule has 2 aliphatic rings. The Morgan fingerprint density at radius 2 is 1.07 bits per heavy atom. The number of hydrogen-bond acceptors (Lipinski definition) is 0. The Kier molecular flexibility index (Phi) is 3.86. The first-order chi connectivity index (χ1) is 12.7. The molecule has 28 heavy (non-hydrogen) atoms. The molecule has 0 saturated carbocycles. The van der Waals surface area contributed by atoms with Crippen molar-refractivity contribution in [1.29, 1.82) is 0 Å². The number of fused-ring (bicyclic) bond motifs is 2. The van der Waals surface area contributed by atoms with Crippen molar-refractivity contribution in [2.75, 3.05) is 0 Å². The average Bonchev–Trinajstić information content (AvgIpc) is 2.80. The quantitative estimate of drug-likeness (QED) is 0.507. The number of benzene rings is 1. The Labute approximate surface area is 172 Å². The summed E-state index contributed by atoms with van der Waals surface area (Å²) in [4.78, 5) is 0. The van der Waals surface area contributed by atoms with Crippen LogP contribution in [-0.2, 0) is 28.7 Å². The number of hydrogen-bond donors (Lipinski definition) is 0. The highest BCUT2D eigenvalue weighted by Gasteiger charge is 2.45. The third kappa shape index (κ3) is 2.69. The maximum Gasteiger partial charge on any atom is 0.212 e. The number of pyridine rings is 1. The van der Waals surface area contributed by atoms with Crippen LogP contribution < -0.4 is 4.57 Å². The van der Waals surface area contributed by atoms with Crippen LogP contribution in [0.15, 0.2) is 24.4 Å². The molecule has 0 atom stereocenters. The van der Waals surface area contributed by atoms with Gasteiger partial charge in [0.15, 0.2) is 6.20 Å². The Balaban J connectivity index is 1.96. The van der Waals surface area contributed by atoms with E-state index < -0.39 is 0 Å². The lowest BCUT2D eigenvalue weighted by Crippen LogP contribution is -2.33. The molecule has 0 radical (unpaired) electrons. The summed E-state index contributed by atoms with van der Waals surface area (Å²) in [5.41, 5.74) is 11.3. The molecule has 1 heteroatoms. The normalized spacial score (nSPS) is 22.8. The van der Waals surface area contributed by atoms with Crippen LogP contribution >= 0.6 is 0 Å². The van der Waals surface area contributed by atoms with Crippen LogP contribution in [0.3, 0.4) is 0 Å². The van der Waals surface area contributed by atoms with Crippen molar-refractivity contribution in [3.8, 4) is 11.3 Å². The molecule has 0 fully saturated rings. The molecule has 2 aromatic rings. The van der Waals surface area contributed by atoms with E-state index in [2.05, 4.69) is 98.3 Å². The number of rotatable bonds is 1. The predicted molar refractivity (Wildman–Crippen MR) is 119 cm³/mol. The molecule has 1 nitrogen and oxygen atoms in total. The number of aryl methyl sites for hydroxylation is 2. The van der Waals surface area contributed by atoms with E-state index in [4.69, 9.17) is 0 Å². The number of nitrogens with zero attached hydrogens (tertiary/aromatic N) is 1. The van der Waals surface area contributed by atoms with Crippen LogP contribution in [0.25, 0.3) is 11.3 Å². The van der Waals surface area contributed by atoms with E-state index in [1.54, 1.807) is 5.56 Å². The van der Waals surface area contributed by atoms with Gasteiger partial charge in [-0.3, -0.25) is 0 Å². The Hall–Kier alpha value is -1.63. The minimum absolute atomic E-state index is 0.230. The smallest absolute Gasteiger partial charge is 0.201 e. The first-order valence-electron chi connectivity index (χ1n) is 10.9. The maximum absolute atomic E-state index is 2.51. The molecule has 0 N–H and O–H groups in total. The highest BCUT2D eigenvalue weighted by atomic mass is 14.9. The summed E-state index contributed by atoms with van der Waals surface area (Å²) in [5, 5.41) is 0. The minimum atomic E-state index is 0.230. The van der Waals surface area contributed by atoms with Crippen molar-refractivity contribution >= 4 is 0 Å². The SMILES string of the molecule is Cc1cc2c(cc1-c1cc3c(c[n+]1C)C(C)(C)CC3(C)C)C(C)(C)CC2(C)C. The Morgan fingerprint density at radius 3 is 1.61 bits per heavy atom.